The van der Waals surface area contributed by atoms with E-state index >= 15 is 0 Å². The van der Waals surface area contributed by atoms with Crippen molar-refractivity contribution in [3.8, 4) is 0 Å². The highest BCUT2D eigenvalue weighted by molar-refractivity contribution is 6.30. The average molecular weight is 267 g/mol. The number of amides is 2. The molecule has 0 spiro atoms. The van der Waals surface area contributed by atoms with Crippen LogP contribution >= 0.6 is 11.6 Å². The summed E-state index contributed by atoms with van der Waals surface area (Å²) in [6.45, 7) is 4.59. The van der Waals surface area contributed by atoms with E-state index in [0.717, 1.165) is 17.9 Å². The van der Waals surface area contributed by atoms with Crippen LogP contribution in [0.1, 0.15) is 32.3 Å². The van der Waals surface area contributed by atoms with Gasteiger partial charge in [-0.15, -0.1) is 0 Å². The van der Waals surface area contributed by atoms with E-state index in [9.17, 15) is 4.79 Å². The molecule has 1 aromatic carbocycles. The van der Waals surface area contributed by atoms with Crippen molar-refractivity contribution in [2.45, 2.75) is 38.1 Å². The molecule has 1 saturated carbocycles. The first kappa shape index (κ1) is 13.2. The van der Waals surface area contributed by atoms with Crippen LogP contribution in [0.4, 0.5) is 4.79 Å². The maximum atomic E-state index is 11.6. The molecule has 1 fully saturated rings. The SMILES string of the molecule is CC(C)NC(=O)NCC1(c2ccc(Cl)cc2)CC1. The van der Waals surface area contributed by atoms with Crippen LogP contribution in [-0.2, 0) is 5.41 Å². The zero-order valence-electron chi connectivity index (χ0n) is 10.8. The van der Waals surface area contributed by atoms with Crippen molar-refractivity contribution in [2.24, 2.45) is 0 Å². The first-order valence-corrected chi connectivity index (χ1v) is 6.70. The molecule has 0 aliphatic heterocycles. The largest absolute Gasteiger partial charge is 0.337 e. The summed E-state index contributed by atoms with van der Waals surface area (Å²) in [7, 11) is 0. The Bertz CT molecular complexity index is 424. The molecular formula is C14H19ClN2O. The average Bonchev–Trinajstić information content (AvgIpc) is 3.08. The normalized spacial score (nSPS) is 16.4. The van der Waals surface area contributed by atoms with E-state index in [1.807, 2.05) is 26.0 Å². The van der Waals surface area contributed by atoms with Crippen molar-refractivity contribution in [3.63, 3.8) is 0 Å². The molecule has 1 aliphatic carbocycles. The maximum Gasteiger partial charge on any atom is 0.315 e. The molecule has 4 heteroatoms. The van der Waals surface area contributed by atoms with Gasteiger partial charge in [-0.05, 0) is 44.4 Å². The number of halogens is 1. The third-order valence-corrected chi connectivity index (χ3v) is 3.57. The van der Waals surface area contributed by atoms with E-state index in [0.29, 0.717) is 6.54 Å². The highest BCUT2D eigenvalue weighted by Crippen LogP contribution is 2.47. The number of rotatable bonds is 4. The number of urea groups is 1. The van der Waals surface area contributed by atoms with Crippen LogP contribution in [0.25, 0.3) is 0 Å². The fourth-order valence-electron chi connectivity index (χ4n) is 2.08. The molecule has 0 aromatic heterocycles. The molecule has 0 heterocycles. The molecule has 3 nitrogen and oxygen atoms in total. The second-order valence-corrected chi connectivity index (χ2v) is 5.71. The van der Waals surface area contributed by atoms with Gasteiger partial charge in [-0.25, -0.2) is 4.79 Å². The Labute approximate surface area is 113 Å². The van der Waals surface area contributed by atoms with Crippen LogP contribution in [0.2, 0.25) is 5.02 Å². The molecule has 2 rings (SSSR count). The van der Waals surface area contributed by atoms with E-state index in [4.69, 9.17) is 11.6 Å². The molecule has 0 bridgehead atoms. The molecule has 1 aromatic rings. The van der Waals surface area contributed by atoms with Crippen LogP contribution in [0.15, 0.2) is 24.3 Å². The van der Waals surface area contributed by atoms with E-state index < -0.39 is 0 Å². The van der Waals surface area contributed by atoms with Crippen LogP contribution in [0, 0.1) is 0 Å². The van der Waals surface area contributed by atoms with Crippen LogP contribution < -0.4 is 10.6 Å². The number of nitrogens with one attached hydrogen (secondary N) is 2. The monoisotopic (exact) mass is 266 g/mol. The Morgan fingerprint density at radius 2 is 1.94 bits per heavy atom. The van der Waals surface area contributed by atoms with Gasteiger partial charge in [-0.3, -0.25) is 0 Å². The minimum atomic E-state index is -0.0924. The molecule has 0 radical (unpaired) electrons. The minimum absolute atomic E-state index is 0.0924. The summed E-state index contributed by atoms with van der Waals surface area (Å²) >= 11 is 5.89. The maximum absolute atomic E-state index is 11.6. The lowest BCUT2D eigenvalue weighted by Gasteiger charge is -2.18. The number of carbonyl (C=O) groups is 1. The molecule has 1 aliphatic rings. The van der Waals surface area contributed by atoms with Crippen molar-refractivity contribution in [3.05, 3.63) is 34.9 Å². The molecule has 0 saturated heterocycles. The molecule has 2 N–H and O–H groups in total. The third kappa shape index (κ3) is 3.16. The van der Waals surface area contributed by atoms with Gasteiger partial charge in [0, 0.05) is 23.0 Å². The van der Waals surface area contributed by atoms with Crippen molar-refractivity contribution < 1.29 is 4.79 Å². The molecule has 2 amide bonds. The highest BCUT2D eigenvalue weighted by Gasteiger charge is 2.44. The Balaban J connectivity index is 1.92. The van der Waals surface area contributed by atoms with E-state index in [2.05, 4.69) is 22.8 Å². The van der Waals surface area contributed by atoms with E-state index in [1.54, 1.807) is 0 Å². The summed E-state index contributed by atoms with van der Waals surface area (Å²) < 4.78 is 0. The number of benzene rings is 1. The second-order valence-electron chi connectivity index (χ2n) is 5.27. The van der Waals surface area contributed by atoms with Gasteiger partial charge in [0.15, 0.2) is 0 Å². The van der Waals surface area contributed by atoms with Gasteiger partial charge in [-0.1, -0.05) is 23.7 Å². The van der Waals surface area contributed by atoms with Gasteiger partial charge < -0.3 is 10.6 Å². The molecular weight excluding hydrogens is 248 g/mol. The predicted molar refractivity (Wildman–Crippen MR) is 74.0 cm³/mol. The lowest BCUT2D eigenvalue weighted by Crippen LogP contribution is -2.42. The Morgan fingerprint density at radius 3 is 2.44 bits per heavy atom. The second kappa shape index (κ2) is 5.19. The molecule has 98 valence electrons. The van der Waals surface area contributed by atoms with Crippen LogP contribution in [0.3, 0.4) is 0 Å². The third-order valence-electron chi connectivity index (χ3n) is 3.32. The zero-order valence-corrected chi connectivity index (χ0v) is 11.6. The predicted octanol–water partition coefficient (Wildman–Crippen LogP) is 3.08. The summed E-state index contributed by atoms with van der Waals surface area (Å²) in [6.07, 6.45) is 2.24. The Morgan fingerprint density at radius 1 is 1.33 bits per heavy atom. The zero-order chi connectivity index (χ0) is 13.2. The Hall–Kier alpha value is -1.22. The van der Waals surface area contributed by atoms with E-state index in [1.165, 1.54) is 5.56 Å². The molecule has 0 unspecified atom stereocenters. The van der Waals surface area contributed by atoms with E-state index in [-0.39, 0.29) is 17.5 Å². The van der Waals surface area contributed by atoms with Gasteiger partial charge in [0.25, 0.3) is 0 Å². The molecule has 18 heavy (non-hydrogen) atoms. The van der Waals surface area contributed by atoms with Crippen molar-refractivity contribution in [1.82, 2.24) is 10.6 Å². The van der Waals surface area contributed by atoms with Gasteiger partial charge in [-0.2, -0.15) is 0 Å². The minimum Gasteiger partial charge on any atom is -0.337 e. The summed E-state index contributed by atoms with van der Waals surface area (Å²) in [5, 5.41) is 6.53. The first-order valence-electron chi connectivity index (χ1n) is 6.32. The number of hydrogen-bond donors (Lipinski definition) is 2. The highest BCUT2D eigenvalue weighted by atomic mass is 35.5. The lowest BCUT2D eigenvalue weighted by molar-refractivity contribution is 0.237. The fourth-order valence-corrected chi connectivity index (χ4v) is 2.21. The summed E-state index contributed by atoms with van der Waals surface area (Å²) in [4.78, 5) is 11.6. The standard InChI is InChI=1S/C14H19ClN2O/c1-10(2)17-13(18)16-9-14(7-8-14)11-3-5-12(15)6-4-11/h3-6,10H,7-9H2,1-2H3,(H2,16,17,18). The van der Waals surface area contributed by atoms with Crippen molar-refractivity contribution in [2.75, 3.05) is 6.54 Å². The van der Waals surface area contributed by atoms with Crippen LogP contribution in [-0.4, -0.2) is 18.6 Å². The van der Waals surface area contributed by atoms with Gasteiger partial charge >= 0.3 is 6.03 Å². The topological polar surface area (TPSA) is 41.1 Å². The quantitative estimate of drug-likeness (QED) is 0.864. The van der Waals surface area contributed by atoms with Gasteiger partial charge in [0.2, 0.25) is 0 Å². The molecule has 0 atom stereocenters. The Kier molecular flexibility index (Phi) is 3.81. The van der Waals surface area contributed by atoms with Gasteiger partial charge in [0.1, 0.15) is 0 Å². The fraction of sp³-hybridized carbons (Fsp3) is 0.500. The van der Waals surface area contributed by atoms with Crippen molar-refractivity contribution in [1.29, 1.82) is 0 Å². The lowest BCUT2D eigenvalue weighted by atomic mass is 9.96. The first-order chi connectivity index (χ1) is 8.52. The van der Waals surface area contributed by atoms with Gasteiger partial charge in [0.05, 0.1) is 0 Å². The van der Waals surface area contributed by atoms with Crippen LogP contribution in [0.5, 0.6) is 0 Å². The number of hydrogen-bond acceptors (Lipinski definition) is 1. The summed E-state index contributed by atoms with van der Waals surface area (Å²) in [6, 6.07) is 7.99. The summed E-state index contributed by atoms with van der Waals surface area (Å²) in [5.74, 6) is 0. The van der Waals surface area contributed by atoms with Crippen molar-refractivity contribution >= 4 is 17.6 Å². The number of carbonyl (C=O) groups excluding carboxylic acids is 1. The smallest absolute Gasteiger partial charge is 0.315 e. The summed E-state index contributed by atoms with van der Waals surface area (Å²) in [5.41, 5.74) is 1.38.